The van der Waals surface area contributed by atoms with E-state index in [1.54, 1.807) is 0 Å². The van der Waals surface area contributed by atoms with E-state index in [2.05, 4.69) is 4.74 Å². The Morgan fingerprint density at radius 2 is 2.18 bits per heavy atom. The molecule has 2 aliphatic rings. The fourth-order valence-electron chi connectivity index (χ4n) is 1.45. The predicted molar refractivity (Wildman–Crippen MR) is 53.8 cm³/mol. The first-order chi connectivity index (χ1) is 8.09. The fraction of sp³-hybridized carbons (Fsp3) is 0.100. The number of rotatable bonds is 1. The summed E-state index contributed by atoms with van der Waals surface area (Å²) in [6.45, 7) is 0. The second-order valence-corrected chi connectivity index (χ2v) is 3.21. The summed E-state index contributed by atoms with van der Waals surface area (Å²) in [6.07, 6.45) is 5.18. The molecule has 0 atom stereocenters. The minimum Gasteiger partial charge on any atom is -0.449 e. The molecule has 0 saturated heterocycles. The second kappa shape index (κ2) is 4.12. The lowest BCUT2D eigenvalue weighted by molar-refractivity contribution is -0.153. The molecule has 0 aromatic heterocycles. The monoisotopic (exact) mass is 236 g/mol. The minimum absolute atomic E-state index is 0.0624. The van der Waals surface area contributed by atoms with Crippen molar-refractivity contribution < 1.29 is 24.2 Å². The van der Waals surface area contributed by atoms with Crippen molar-refractivity contribution >= 4 is 18.0 Å². The molecule has 2 heterocycles. The van der Waals surface area contributed by atoms with Crippen molar-refractivity contribution in [1.29, 1.82) is 0 Å². The van der Waals surface area contributed by atoms with Crippen molar-refractivity contribution in [3.05, 3.63) is 36.4 Å². The first kappa shape index (κ1) is 10.9. The molecule has 7 heteroatoms. The third-order valence-corrected chi connectivity index (χ3v) is 2.10. The molecule has 0 radical (unpaired) electrons. The van der Waals surface area contributed by atoms with Crippen LogP contribution in [-0.4, -0.2) is 33.1 Å². The van der Waals surface area contributed by atoms with Crippen LogP contribution in [-0.2, 0) is 14.3 Å². The number of carboxylic acid groups (broad SMARTS) is 1. The van der Waals surface area contributed by atoms with Crippen molar-refractivity contribution in [2.75, 3.05) is 0 Å². The van der Waals surface area contributed by atoms with Crippen molar-refractivity contribution in [3.8, 4) is 0 Å². The van der Waals surface area contributed by atoms with E-state index >= 15 is 0 Å². The van der Waals surface area contributed by atoms with Gasteiger partial charge in [-0.1, -0.05) is 6.08 Å². The summed E-state index contributed by atoms with van der Waals surface area (Å²) in [5.74, 6) is -1.14. The Kier molecular flexibility index (Phi) is 2.65. The average Bonchev–Trinajstić information content (AvgIpc) is 2.40. The molecule has 1 N–H and O–H groups in total. The van der Waals surface area contributed by atoms with Crippen LogP contribution in [0.4, 0.5) is 4.79 Å². The Morgan fingerprint density at radius 1 is 1.41 bits per heavy atom. The highest BCUT2D eigenvalue weighted by Gasteiger charge is 2.31. The lowest BCUT2D eigenvalue weighted by Gasteiger charge is -2.32. The second-order valence-electron chi connectivity index (χ2n) is 3.21. The molecule has 0 aromatic rings. The number of fused-ring (bicyclic) bond motifs is 1. The van der Waals surface area contributed by atoms with Gasteiger partial charge < -0.3 is 9.84 Å². The first-order valence-corrected chi connectivity index (χ1v) is 4.71. The van der Waals surface area contributed by atoms with Crippen molar-refractivity contribution in [1.82, 2.24) is 10.0 Å². The molecule has 0 bridgehead atoms. The Hall–Kier alpha value is -2.57. The number of hydrogen-bond acceptors (Lipinski definition) is 4. The summed E-state index contributed by atoms with van der Waals surface area (Å²) in [4.78, 5) is 33.8. The maximum Gasteiger partial charge on any atom is 0.512 e. The zero-order chi connectivity index (χ0) is 12.4. The van der Waals surface area contributed by atoms with Crippen molar-refractivity contribution in [2.24, 2.45) is 0 Å². The smallest absolute Gasteiger partial charge is 0.449 e. The largest absolute Gasteiger partial charge is 0.512 e. The highest BCUT2D eigenvalue weighted by molar-refractivity contribution is 5.94. The van der Waals surface area contributed by atoms with Crippen LogP contribution in [0.1, 0.15) is 6.42 Å². The lowest BCUT2D eigenvalue weighted by atomic mass is 10.3. The lowest BCUT2D eigenvalue weighted by Crippen LogP contribution is -2.46. The Bertz CT molecular complexity index is 477. The highest BCUT2D eigenvalue weighted by Crippen LogP contribution is 2.20. The number of carbonyl (C=O) groups is 3. The Morgan fingerprint density at radius 3 is 2.88 bits per heavy atom. The molecule has 0 aromatic carbocycles. The molecule has 88 valence electrons. The van der Waals surface area contributed by atoms with Crippen LogP contribution in [0.3, 0.4) is 0 Å². The van der Waals surface area contributed by atoms with E-state index in [9.17, 15) is 14.4 Å². The molecule has 0 aliphatic carbocycles. The zero-order valence-corrected chi connectivity index (χ0v) is 8.57. The number of carbonyl (C=O) groups excluding carboxylic acids is 2. The molecule has 0 fully saturated rings. The van der Waals surface area contributed by atoms with E-state index < -0.39 is 12.1 Å². The van der Waals surface area contributed by atoms with Gasteiger partial charge in [0.15, 0.2) is 0 Å². The van der Waals surface area contributed by atoms with Gasteiger partial charge in [0.25, 0.3) is 5.91 Å². The SMILES string of the molecule is O=C(O)OC1=CC=CN2C(=O)CC=CC(=O)N12. The van der Waals surface area contributed by atoms with Crippen LogP contribution in [0.5, 0.6) is 0 Å². The van der Waals surface area contributed by atoms with Gasteiger partial charge in [0, 0.05) is 24.8 Å². The van der Waals surface area contributed by atoms with Gasteiger partial charge in [-0.15, -0.1) is 0 Å². The standard InChI is InChI=1S/C10H8N2O5/c13-7-3-1-4-8(14)12-9(17-10(15)16)5-2-6-11(7)12/h1-2,4-6H,3H2,(H,15,16). The summed E-state index contributed by atoms with van der Waals surface area (Å²) >= 11 is 0. The number of nitrogens with zero attached hydrogens (tertiary/aromatic N) is 2. The molecule has 2 aliphatic heterocycles. The molecular weight excluding hydrogens is 228 g/mol. The van der Waals surface area contributed by atoms with Crippen LogP contribution in [0.2, 0.25) is 0 Å². The van der Waals surface area contributed by atoms with Crippen molar-refractivity contribution in [2.45, 2.75) is 6.42 Å². The number of hydrogen-bond donors (Lipinski definition) is 1. The van der Waals surface area contributed by atoms with Crippen LogP contribution in [0.25, 0.3) is 0 Å². The van der Waals surface area contributed by atoms with Crippen LogP contribution < -0.4 is 0 Å². The van der Waals surface area contributed by atoms with Gasteiger partial charge in [-0.25, -0.2) is 9.80 Å². The first-order valence-electron chi connectivity index (χ1n) is 4.71. The van der Waals surface area contributed by atoms with Gasteiger partial charge in [0.05, 0.1) is 0 Å². The van der Waals surface area contributed by atoms with E-state index in [4.69, 9.17) is 5.11 Å². The van der Waals surface area contributed by atoms with Gasteiger partial charge in [-0.3, -0.25) is 9.59 Å². The summed E-state index contributed by atoms with van der Waals surface area (Å²) in [5.41, 5.74) is 0. The number of allylic oxidation sites excluding steroid dienone is 2. The molecule has 2 amide bonds. The Balaban J connectivity index is 2.36. The highest BCUT2D eigenvalue weighted by atomic mass is 16.7. The van der Waals surface area contributed by atoms with Gasteiger partial charge in [0.2, 0.25) is 11.8 Å². The van der Waals surface area contributed by atoms with Gasteiger partial charge in [-0.05, 0) is 6.08 Å². The fourth-order valence-corrected chi connectivity index (χ4v) is 1.45. The summed E-state index contributed by atoms with van der Waals surface area (Å²) in [7, 11) is 0. The molecule has 17 heavy (non-hydrogen) atoms. The molecule has 0 spiro atoms. The van der Waals surface area contributed by atoms with Gasteiger partial charge in [0.1, 0.15) is 0 Å². The third-order valence-electron chi connectivity index (χ3n) is 2.10. The molecule has 2 rings (SSSR count). The van der Waals surface area contributed by atoms with Crippen LogP contribution in [0.15, 0.2) is 36.4 Å². The molecule has 7 nitrogen and oxygen atoms in total. The van der Waals surface area contributed by atoms with E-state index in [1.165, 1.54) is 30.5 Å². The van der Waals surface area contributed by atoms with Crippen LogP contribution in [0, 0.1) is 0 Å². The molecule has 0 saturated carbocycles. The van der Waals surface area contributed by atoms with Crippen LogP contribution >= 0.6 is 0 Å². The van der Waals surface area contributed by atoms with Gasteiger partial charge in [-0.2, -0.15) is 5.01 Å². The zero-order valence-electron chi connectivity index (χ0n) is 8.57. The molecule has 0 unspecified atom stereocenters. The van der Waals surface area contributed by atoms with E-state index in [-0.39, 0.29) is 18.2 Å². The third kappa shape index (κ3) is 2.03. The predicted octanol–water partition coefficient (Wildman–Crippen LogP) is 0.582. The minimum atomic E-state index is -1.56. The Labute approximate surface area is 95.8 Å². The average molecular weight is 236 g/mol. The molecular formula is C10H8N2O5. The van der Waals surface area contributed by atoms with Gasteiger partial charge >= 0.3 is 6.16 Å². The van der Waals surface area contributed by atoms with Crippen molar-refractivity contribution in [3.63, 3.8) is 0 Å². The summed E-state index contributed by atoms with van der Waals surface area (Å²) in [5, 5.41) is 10.4. The number of ether oxygens (including phenoxy) is 1. The van der Waals surface area contributed by atoms with E-state index in [1.807, 2.05) is 0 Å². The number of amides is 2. The summed E-state index contributed by atoms with van der Waals surface area (Å²) in [6, 6.07) is 0. The normalized spacial score (nSPS) is 18.7. The van der Waals surface area contributed by atoms with E-state index in [0.717, 1.165) is 10.0 Å². The quantitative estimate of drug-likeness (QED) is 0.673. The maximum absolute atomic E-state index is 11.7. The number of hydrazine groups is 1. The van der Waals surface area contributed by atoms with E-state index in [0.29, 0.717) is 0 Å². The maximum atomic E-state index is 11.7. The topological polar surface area (TPSA) is 87.1 Å². The summed E-state index contributed by atoms with van der Waals surface area (Å²) < 4.78 is 4.44.